The first kappa shape index (κ1) is 13.5. The maximum Gasteiger partial charge on any atom is 0.307 e. The molecular formula is C10H18O2. The fourth-order valence-electron chi connectivity index (χ4n) is 0.466. The maximum absolute atomic E-state index is 9.75. The van der Waals surface area contributed by atoms with Crippen molar-refractivity contribution >= 4 is 5.97 Å². The molecule has 2 nitrogen and oxygen atoms in total. The number of unbranched alkanes of at least 4 members (excludes halogenated alkanes) is 2. The van der Waals surface area contributed by atoms with Crippen LogP contribution in [0.2, 0.25) is 0 Å². The van der Waals surface area contributed by atoms with E-state index in [1.54, 1.807) is 0 Å². The molecule has 0 fully saturated rings. The van der Waals surface area contributed by atoms with Crippen LogP contribution in [0.15, 0.2) is 25.5 Å². The van der Waals surface area contributed by atoms with E-state index in [2.05, 4.69) is 24.8 Å². The van der Waals surface area contributed by atoms with Gasteiger partial charge in [-0.15, -0.1) is 6.58 Å². The monoisotopic (exact) mass is 170 g/mol. The van der Waals surface area contributed by atoms with Gasteiger partial charge in [0.05, 0.1) is 6.26 Å². The third-order valence-electron chi connectivity index (χ3n) is 1.01. The molecule has 0 aromatic carbocycles. The molecule has 0 aromatic heterocycles. The van der Waals surface area contributed by atoms with Gasteiger partial charge in [0.15, 0.2) is 0 Å². The predicted octanol–water partition coefficient (Wildman–Crippen LogP) is 3.06. The molecule has 0 aliphatic carbocycles. The number of rotatable bonds is 4. The Morgan fingerprint density at radius 2 is 2.08 bits per heavy atom. The van der Waals surface area contributed by atoms with E-state index in [4.69, 9.17) is 0 Å². The first-order valence-corrected chi connectivity index (χ1v) is 4.08. The smallest absolute Gasteiger partial charge is 0.307 e. The normalized spacial score (nSPS) is 7.50. The molecule has 0 spiro atoms. The summed E-state index contributed by atoms with van der Waals surface area (Å²) in [5.74, 6) is -0.329. The van der Waals surface area contributed by atoms with Gasteiger partial charge in [-0.25, -0.2) is 0 Å². The van der Waals surface area contributed by atoms with Crippen molar-refractivity contribution in [3.8, 4) is 0 Å². The summed E-state index contributed by atoms with van der Waals surface area (Å²) in [6.45, 7) is 10.3. The molecule has 0 aliphatic heterocycles. The van der Waals surface area contributed by atoms with Crippen molar-refractivity contribution in [1.29, 1.82) is 0 Å². The highest BCUT2D eigenvalue weighted by Gasteiger charge is 1.79. The molecule has 0 atom stereocenters. The van der Waals surface area contributed by atoms with Crippen molar-refractivity contribution in [1.82, 2.24) is 0 Å². The summed E-state index contributed by atoms with van der Waals surface area (Å²) in [5.41, 5.74) is 0. The van der Waals surface area contributed by atoms with E-state index < -0.39 is 0 Å². The number of ether oxygens (including phenoxy) is 1. The first-order chi connectivity index (χ1) is 5.68. The van der Waals surface area contributed by atoms with Crippen LogP contribution < -0.4 is 0 Å². The second-order valence-electron chi connectivity index (χ2n) is 2.21. The molecule has 0 unspecified atom stereocenters. The Hall–Kier alpha value is -1.05. The van der Waals surface area contributed by atoms with Crippen molar-refractivity contribution in [3.63, 3.8) is 0 Å². The third-order valence-corrected chi connectivity index (χ3v) is 1.01. The molecule has 0 saturated carbocycles. The second-order valence-corrected chi connectivity index (χ2v) is 2.21. The number of esters is 1. The van der Waals surface area contributed by atoms with Crippen LogP contribution in [0.3, 0.4) is 0 Å². The Balaban J connectivity index is 0. The molecule has 0 saturated heterocycles. The van der Waals surface area contributed by atoms with E-state index >= 15 is 0 Å². The Morgan fingerprint density at radius 1 is 1.50 bits per heavy atom. The van der Waals surface area contributed by atoms with Crippen LogP contribution in [0.1, 0.15) is 33.1 Å². The lowest BCUT2D eigenvalue weighted by Gasteiger charge is -1.83. The maximum atomic E-state index is 9.75. The minimum atomic E-state index is -0.329. The van der Waals surface area contributed by atoms with Gasteiger partial charge < -0.3 is 4.74 Å². The minimum absolute atomic E-state index is 0.329. The Kier molecular flexibility index (Phi) is 14.2. The van der Waals surface area contributed by atoms with Gasteiger partial charge in [-0.3, -0.25) is 4.79 Å². The Labute approximate surface area is 74.9 Å². The van der Waals surface area contributed by atoms with Crippen LogP contribution in [-0.4, -0.2) is 5.97 Å². The molecular weight excluding hydrogens is 152 g/mol. The van der Waals surface area contributed by atoms with E-state index in [9.17, 15) is 4.79 Å². The van der Waals surface area contributed by atoms with Crippen LogP contribution in [0.4, 0.5) is 0 Å². The highest BCUT2D eigenvalue weighted by Crippen LogP contribution is 1.91. The number of carbonyl (C=O) groups excluding carboxylic acids is 1. The second kappa shape index (κ2) is 12.6. The number of carbonyl (C=O) groups is 1. The topological polar surface area (TPSA) is 26.3 Å². The highest BCUT2D eigenvalue weighted by molar-refractivity contribution is 5.66. The predicted molar refractivity (Wildman–Crippen MR) is 51.7 cm³/mol. The zero-order valence-corrected chi connectivity index (χ0v) is 8.01. The van der Waals surface area contributed by atoms with Gasteiger partial charge in [0.2, 0.25) is 0 Å². The molecule has 70 valence electrons. The van der Waals surface area contributed by atoms with E-state index in [1.807, 2.05) is 6.08 Å². The largest absolute Gasteiger partial charge is 0.435 e. The summed E-state index contributed by atoms with van der Waals surface area (Å²) in [4.78, 5) is 9.75. The van der Waals surface area contributed by atoms with Crippen LogP contribution in [0.5, 0.6) is 0 Å². The van der Waals surface area contributed by atoms with Gasteiger partial charge in [-0.2, -0.15) is 0 Å². The fraction of sp³-hybridized carbons (Fsp3) is 0.500. The molecule has 0 aliphatic rings. The van der Waals surface area contributed by atoms with Gasteiger partial charge in [-0.1, -0.05) is 32.4 Å². The van der Waals surface area contributed by atoms with Crippen molar-refractivity contribution in [2.75, 3.05) is 0 Å². The van der Waals surface area contributed by atoms with Gasteiger partial charge in [0.25, 0.3) is 0 Å². The SMILES string of the molecule is C=CCCCC.C=COC(C)=O. The lowest BCUT2D eigenvalue weighted by molar-refractivity contribution is -0.135. The lowest BCUT2D eigenvalue weighted by atomic mass is 10.3. The highest BCUT2D eigenvalue weighted by atomic mass is 16.5. The molecule has 0 radical (unpaired) electrons. The molecule has 0 rings (SSSR count). The summed E-state index contributed by atoms with van der Waals surface area (Å²) in [7, 11) is 0. The molecule has 0 bridgehead atoms. The van der Waals surface area contributed by atoms with Crippen LogP contribution in [-0.2, 0) is 9.53 Å². The van der Waals surface area contributed by atoms with E-state index in [1.165, 1.54) is 26.2 Å². The van der Waals surface area contributed by atoms with Gasteiger partial charge in [-0.05, 0) is 6.42 Å². The van der Waals surface area contributed by atoms with Crippen molar-refractivity contribution < 1.29 is 9.53 Å². The molecule has 2 heteroatoms. The molecule has 0 aromatic rings. The van der Waals surface area contributed by atoms with Crippen molar-refractivity contribution in [3.05, 3.63) is 25.5 Å². The lowest BCUT2D eigenvalue weighted by Crippen LogP contribution is -1.87. The quantitative estimate of drug-likeness (QED) is 0.280. The zero-order chi connectivity index (χ0) is 9.82. The minimum Gasteiger partial charge on any atom is -0.435 e. The van der Waals surface area contributed by atoms with Crippen LogP contribution in [0, 0.1) is 0 Å². The summed E-state index contributed by atoms with van der Waals surface area (Å²) in [6.07, 6.45) is 6.82. The Morgan fingerprint density at radius 3 is 2.17 bits per heavy atom. The first-order valence-electron chi connectivity index (χ1n) is 4.08. The molecule has 12 heavy (non-hydrogen) atoms. The number of hydrogen-bond acceptors (Lipinski definition) is 2. The van der Waals surface area contributed by atoms with Crippen LogP contribution in [0.25, 0.3) is 0 Å². The van der Waals surface area contributed by atoms with Gasteiger partial charge >= 0.3 is 5.97 Å². The van der Waals surface area contributed by atoms with Gasteiger partial charge in [0.1, 0.15) is 0 Å². The average Bonchev–Trinajstić information content (AvgIpc) is 2.02. The third kappa shape index (κ3) is 23.1. The summed E-state index contributed by atoms with van der Waals surface area (Å²) in [5, 5.41) is 0. The summed E-state index contributed by atoms with van der Waals surface area (Å²) >= 11 is 0. The van der Waals surface area contributed by atoms with E-state index in [-0.39, 0.29) is 5.97 Å². The average molecular weight is 170 g/mol. The summed E-state index contributed by atoms with van der Waals surface area (Å²) < 4.78 is 4.17. The summed E-state index contributed by atoms with van der Waals surface area (Å²) in [6, 6.07) is 0. The molecule has 0 amide bonds. The number of hydrogen-bond donors (Lipinski definition) is 0. The van der Waals surface area contributed by atoms with Crippen molar-refractivity contribution in [2.45, 2.75) is 33.1 Å². The van der Waals surface area contributed by atoms with Gasteiger partial charge in [0, 0.05) is 6.92 Å². The van der Waals surface area contributed by atoms with Crippen molar-refractivity contribution in [2.24, 2.45) is 0 Å². The standard InChI is InChI=1S/C6H12.C4H6O2/c1-3-5-6-4-2;1-3-6-4(2)5/h3H,1,4-6H2,2H3;3H,1H2,2H3. The van der Waals surface area contributed by atoms with E-state index in [0.29, 0.717) is 0 Å². The fourth-order valence-corrected chi connectivity index (χ4v) is 0.466. The van der Waals surface area contributed by atoms with E-state index in [0.717, 1.165) is 6.26 Å². The zero-order valence-electron chi connectivity index (χ0n) is 8.01. The number of allylic oxidation sites excluding steroid dienone is 1. The molecule has 0 heterocycles. The Bertz CT molecular complexity index is 128. The van der Waals surface area contributed by atoms with Crippen LogP contribution >= 0.6 is 0 Å². The molecule has 0 N–H and O–H groups in total.